The molecule has 0 aromatic heterocycles. The van der Waals surface area contributed by atoms with Crippen LogP contribution in [0.2, 0.25) is 0 Å². The summed E-state index contributed by atoms with van der Waals surface area (Å²) in [6, 6.07) is -0.109. The second-order valence-corrected chi connectivity index (χ2v) is 6.53. The van der Waals surface area contributed by atoms with Crippen LogP contribution in [-0.2, 0) is 9.59 Å². The zero-order chi connectivity index (χ0) is 13.1. The molecule has 1 saturated carbocycles. The molecule has 1 N–H and O–H groups in total. The van der Waals surface area contributed by atoms with Gasteiger partial charge in [-0.2, -0.15) is 11.8 Å². The Morgan fingerprint density at radius 3 is 2.67 bits per heavy atom. The van der Waals surface area contributed by atoms with E-state index < -0.39 is 0 Å². The number of hydrogen-bond donors (Lipinski definition) is 1. The lowest BCUT2D eigenvalue weighted by Crippen LogP contribution is -2.44. The molecule has 0 radical (unpaired) electrons. The molecule has 1 aliphatic carbocycles. The van der Waals surface area contributed by atoms with Gasteiger partial charge in [-0.15, -0.1) is 0 Å². The second kappa shape index (κ2) is 6.06. The summed E-state index contributed by atoms with van der Waals surface area (Å²) in [5, 5.41) is 3.70. The van der Waals surface area contributed by atoms with Gasteiger partial charge < -0.3 is 5.32 Å². The number of rotatable bonds is 5. The SMILES string of the molecule is CSC(C)CNC1CC(=O)N(C2CCCC2)C1=O. The number of nitrogens with one attached hydrogen (secondary N) is 1. The molecular weight excluding hydrogens is 248 g/mol. The molecular formula is C13H22N2O2S. The average Bonchev–Trinajstić information content (AvgIpc) is 2.95. The number of likely N-dealkylation sites (tertiary alicyclic amines) is 1. The lowest BCUT2D eigenvalue weighted by molar-refractivity contribution is -0.141. The van der Waals surface area contributed by atoms with Gasteiger partial charge in [0.2, 0.25) is 11.8 Å². The van der Waals surface area contributed by atoms with Gasteiger partial charge in [-0.05, 0) is 19.1 Å². The van der Waals surface area contributed by atoms with Gasteiger partial charge in [-0.1, -0.05) is 19.8 Å². The van der Waals surface area contributed by atoms with Crippen LogP contribution in [0.15, 0.2) is 0 Å². The van der Waals surface area contributed by atoms with Crippen LogP contribution in [0, 0.1) is 0 Å². The van der Waals surface area contributed by atoms with Crippen molar-refractivity contribution in [2.45, 2.75) is 56.4 Å². The normalized spacial score (nSPS) is 27.2. The largest absolute Gasteiger partial charge is 0.304 e. The third-order valence-electron chi connectivity index (χ3n) is 3.93. The van der Waals surface area contributed by atoms with Gasteiger partial charge >= 0.3 is 0 Å². The molecule has 2 fully saturated rings. The highest BCUT2D eigenvalue weighted by atomic mass is 32.2. The molecule has 0 aromatic rings. The minimum atomic E-state index is -0.285. The van der Waals surface area contributed by atoms with Gasteiger partial charge in [0.05, 0.1) is 12.5 Å². The molecule has 2 aliphatic rings. The predicted octanol–water partition coefficient (Wildman–Crippen LogP) is 1.40. The van der Waals surface area contributed by atoms with Crippen molar-refractivity contribution < 1.29 is 9.59 Å². The number of imide groups is 1. The maximum absolute atomic E-state index is 12.2. The van der Waals surface area contributed by atoms with Crippen molar-refractivity contribution in [3.63, 3.8) is 0 Å². The Kier molecular flexibility index (Phi) is 4.67. The summed E-state index contributed by atoms with van der Waals surface area (Å²) < 4.78 is 0. The Bertz CT molecular complexity index is 329. The highest BCUT2D eigenvalue weighted by Crippen LogP contribution is 2.28. The Hall–Kier alpha value is -0.550. The first-order valence-electron chi connectivity index (χ1n) is 6.75. The van der Waals surface area contributed by atoms with Crippen molar-refractivity contribution in [2.24, 2.45) is 0 Å². The zero-order valence-corrected chi connectivity index (χ0v) is 12.0. The molecule has 0 bridgehead atoms. The van der Waals surface area contributed by atoms with E-state index in [4.69, 9.17) is 0 Å². The highest BCUT2D eigenvalue weighted by molar-refractivity contribution is 7.99. The van der Waals surface area contributed by atoms with E-state index >= 15 is 0 Å². The number of nitrogens with zero attached hydrogens (tertiary/aromatic N) is 1. The van der Waals surface area contributed by atoms with Crippen molar-refractivity contribution >= 4 is 23.6 Å². The van der Waals surface area contributed by atoms with Gasteiger partial charge in [-0.3, -0.25) is 14.5 Å². The van der Waals surface area contributed by atoms with Crippen LogP contribution in [0.25, 0.3) is 0 Å². The van der Waals surface area contributed by atoms with Crippen LogP contribution in [0.3, 0.4) is 0 Å². The molecule has 2 atom stereocenters. The first-order chi connectivity index (χ1) is 8.63. The molecule has 4 nitrogen and oxygen atoms in total. The summed E-state index contributed by atoms with van der Waals surface area (Å²) in [5.74, 6) is 0.0152. The van der Waals surface area contributed by atoms with Gasteiger partial charge in [0.1, 0.15) is 0 Å². The number of hydrogen-bond acceptors (Lipinski definition) is 4. The fourth-order valence-corrected chi connectivity index (χ4v) is 3.01. The number of carbonyl (C=O) groups excluding carboxylic acids is 2. The van der Waals surface area contributed by atoms with E-state index in [0.717, 1.165) is 32.2 Å². The standard InChI is InChI=1S/C13H22N2O2S/c1-9(18-2)8-14-11-7-12(16)15(13(11)17)10-5-3-4-6-10/h9-11,14H,3-8H2,1-2H3. The summed E-state index contributed by atoms with van der Waals surface area (Å²) in [6.07, 6.45) is 6.67. The number of amides is 2. The summed E-state index contributed by atoms with van der Waals surface area (Å²) in [6.45, 7) is 2.90. The van der Waals surface area contributed by atoms with Crippen LogP contribution in [0.4, 0.5) is 0 Å². The highest BCUT2D eigenvalue weighted by Gasteiger charge is 2.42. The van der Waals surface area contributed by atoms with Gasteiger partial charge in [-0.25, -0.2) is 0 Å². The van der Waals surface area contributed by atoms with E-state index in [-0.39, 0.29) is 23.9 Å². The Morgan fingerprint density at radius 1 is 1.39 bits per heavy atom. The molecule has 1 saturated heterocycles. The molecule has 2 amide bonds. The molecule has 102 valence electrons. The van der Waals surface area contributed by atoms with Gasteiger partial charge in [0, 0.05) is 17.8 Å². The third-order valence-corrected chi connectivity index (χ3v) is 4.90. The van der Waals surface area contributed by atoms with E-state index in [1.165, 1.54) is 4.90 Å². The predicted molar refractivity (Wildman–Crippen MR) is 73.5 cm³/mol. The molecule has 0 aromatic carbocycles. The smallest absolute Gasteiger partial charge is 0.247 e. The molecule has 2 unspecified atom stereocenters. The minimum absolute atomic E-state index is 0.000188. The third kappa shape index (κ3) is 2.88. The number of thioether (sulfide) groups is 1. The molecule has 5 heteroatoms. The van der Waals surface area contributed by atoms with Crippen molar-refractivity contribution in [1.29, 1.82) is 0 Å². The van der Waals surface area contributed by atoms with Crippen LogP contribution in [0.1, 0.15) is 39.0 Å². The molecule has 1 heterocycles. The lowest BCUT2D eigenvalue weighted by atomic mass is 10.2. The maximum atomic E-state index is 12.2. The van der Waals surface area contributed by atoms with E-state index in [9.17, 15) is 9.59 Å². The first kappa shape index (κ1) is 13.9. The van der Waals surface area contributed by atoms with Crippen molar-refractivity contribution in [3.8, 4) is 0 Å². The Labute approximate surface area is 113 Å². The van der Waals surface area contributed by atoms with Gasteiger partial charge in [0.25, 0.3) is 0 Å². The fourth-order valence-electron chi connectivity index (χ4n) is 2.75. The topological polar surface area (TPSA) is 49.4 Å². The summed E-state index contributed by atoms with van der Waals surface area (Å²) in [4.78, 5) is 25.7. The van der Waals surface area contributed by atoms with Crippen molar-refractivity contribution in [1.82, 2.24) is 10.2 Å². The molecule has 1 aliphatic heterocycles. The van der Waals surface area contributed by atoms with E-state index in [1.54, 1.807) is 11.8 Å². The molecule has 18 heavy (non-hydrogen) atoms. The van der Waals surface area contributed by atoms with E-state index in [1.807, 2.05) is 0 Å². The first-order valence-corrected chi connectivity index (χ1v) is 8.04. The monoisotopic (exact) mass is 270 g/mol. The zero-order valence-electron chi connectivity index (χ0n) is 11.1. The van der Waals surface area contributed by atoms with E-state index in [0.29, 0.717) is 11.7 Å². The average molecular weight is 270 g/mol. The maximum Gasteiger partial charge on any atom is 0.247 e. The minimum Gasteiger partial charge on any atom is -0.304 e. The Morgan fingerprint density at radius 2 is 2.06 bits per heavy atom. The molecule has 0 spiro atoms. The van der Waals surface area contributed by atoms with Crippen LogP contribution in [-0.4, -0.2) is 46.8 Å². The van der Waals surface area contributed by atoms with Crippen LogP contribution in [0.5, 0.6) is 0 Å². The summed E-state index contributed by atoms with van der Waals surface area (Å²) in [5.41, 5.74) is 0. The summed E-state index contributed by atoms with van der Waals surface area (Å²) in [7, 11) is 0. The van der Waals surface area contributed by atoms with E-state index in [2.05, 4.69) is 18.5 Å². The van der Waals surface area contributed by atoms with Crippen molar-refractivity contribution in [3.05, 3.63) is 0 Å². The van der Waals surface area contributed by atoms with Crippen LogP contribution < -0.4 is 5.32 Å². The fraction of sp³-hybridized carbons (Fsp3) is 0.846. The van der Waals surface area contributed by atoms with Gasteiger partial charge in [0.15, 0.2) is 0 Å². The molecule has 2 rings (SSSR count). The summed E-state index contributed by atoms with van der Waals surface area (Å²) >= 11 is 1.76. The quantitative estimate of drug-likeness (QED) is 0.767. The Balaban J connectivity index is 1.91. The van der Waals surface area contributed by atoms with Crippen molar-refractivity contribution in [2.75, 3.05) is 12.8 Å². The van der Waals surface area contributed by atoms with Crippen LogP contribution >= 0.6 is 11.8 Å². The number of carbonyl (C=O) groups is 2. The lowest BCUT2D eigenvalue weighted by Gasteiger charge is -2.22. The second-order valence-electron chi connectivity index (χ2n) is 5.25.